The van der Waals surface area contributed by atoms with Crippen molar-refractivity contribution in [3.05, 3.63) is 65.7 Å². The minimum atomic E-state index is 0.141. The molecule has 6 heteroatoms. The Balaban J connectivity index is 1.70. The minimum Gasteiger partial charge on any atom is -0.507 e. The van der Waals surface area contributed by atoms with Crippen molar-refractivity contribution in [3.63, 3.8) is 0 Å². The maximum atomic E-state index is 10.7. The molecule has 0 spiro atoms. The normalized spacial score (nSPS) is 10.4. The summed E-state index contributed by atoms with van der Waals surface area (Å²) in [6.45, 7) is 0.649. The lowest BCUT2D eigenvalue weighted by atomic mass is 10.1. The molecule has 0 atom stereocenters. The van der Waals surface area contributed by atoms with Crippen LogP contribution >= 0.6 is 0 Å². The number of nitrogens with zero attached hydrogens (tertiary/aromatic N) is 2. The van der Waals surface area contributed by atoms with Gasteiger partial charge in [0.2, 0.25) is 0 Å². The fourth-order valence-corrected chi connectivity index (χ4v) is 2.47. The number of aromatic nitrogens is 2. The van der Waals surface area contributed by atoms with E-state index < -0.39 is 0 Å². The monoisotopic (exact) mass is 334 g/mol. The average Bonchev–Trinajstić information content (AvgIpc) is 2.64. The maximum Gasteiger partial charge on any atom is 0.169 e. The number of carbonyl (C=O) groups is 1. The van der Waals surface area contributed by atoms with Crippen LogP contribution in [0.1, 0.15) is 15.9 Å². The lowest BCUT2D eigenvalue weighted by molar-refractivity contribution is 0.112. The van der Waals surface area contributed by atoms with Gasteiger partial charge in [0, 0.05) is 17.7 Å². The molecule has 3 aromatic rings. The van der Waals surface area contributed by atoms with Gasteiger partial charge in [0.15, 0.2) is 5.82 Å². The van der Waals surface area contributed by atoms with Crippen LogP contribution in [0.25, 0.3) is 11.3 Å². The van der Waals surface area contributed by atoms with Crippen molar-refractivity contribution in [2.45, 2.75) is 6.42 Å². The molecule has 2 aromatic carbocycles. The third kappa shape index (κ3) is 3.92. The van der Waals surface area contributed by atoms with Crippen molar-refractivity contribution >= 4 is 17.8 Å². The second kappa shape index (κ2) is 7.44. The molecule has 3 rings (SSSR count). The number of aldehydes is 1. The van der Waals surface area contributed by atoms with E-state index in [0.717, 1.165) is 18.3 Å². The summed E-state index contributed by atoms with van der Waals surface area (Å²) in [6.07, 6.45) is 1.60. The average molecular weight is 334 g/mol. The van der Waals surface area contributed by atoms with Crippen LogP contribution in [0.15, 0.2) is 54.6 Å². The minimum absolute atomic E-state index is 0.141. The van der Waals surface area contributed by atoms with Crippen molar-refractivity contribution in [2.24, 2.45) is 0 Å². The summed E-state index contributed by atoms with van der Waals surface area (Å²) in [7, 11) is 0. The molecule has 0 aliphatic carbocycles. The molecule has 0 saturated carbocycles. The summed E-state index contributed by atoms with van der Waals surface area (Å²) in [4.78, 5) is 10.7. The number of para-hydroxylation sites is 1. The number of hydrogen-bond acceptors (Lipinski definition) is 6. The second-order valence-corrected chi connectivity index (χ2v) is 5.58. The molecule has 0 radical (unpaired) electrons. The van der Waals surface area contributed by atoms with E-state index in [-0.39, 0.29) is 5.75 Å². The molecule has 25 heavy (non-hydrogen) atoms. The Morgan fingerprint density at radius 2 is 1.84 bits per heavy atom. The van der Waals surface area contributed by atoms with Crippen LogP contribution in [0.3, 0.4) is 0 Å². The van der Waals surface area contributed by atoms with E-state index in [9.17, 15) is 9.90 Å². The first kappa shape index (κ1) is 16.4. The predicted molar refractivity (Wildman–Crippen MR) is 97.6 cm³/mol. The predicted octanol–water partition coefficient (Wildman–Crippen LogP) is 2.90. The molecule has 0 fully saturated rings. The van der Waals surface area contributed by atoms with Crippen LogP contribution in [0.2, 0.25) is 0 Å². The number of rotatable bonds is 6. The molecule has 0 aliphatic rings. The molecule has 126 valence electrons. The topological polar surface area (TPSA) is 101 Å². The van der Waals surface area contributed by atoms with Crippen LogP contribution in [-0.2, 0) is 6.42 Å². The van der Waals surface area contributed by atoms with Gasteiger partial charge >= 0.3 is 0 Å². The van der Waals surface area contributed by atoms with Crippen molar-refractivity contribution < 1.29 is 9.90 Å². The summed E-state index contributed by atoms with van der Waals surface area (Å²) in [5.74, 6) is 0.443. The fraction of sp³-hybridized carbons (Fsp3) is 0.105. The number of nitrogen functional groups attached to an aromatic ring is 1. The Bertz CT molecular complexity index is 879. The zero-order valence-corrected chi connectivity index (χ0v) is 13.5. The van der Waals surface area contributed by atoms with E-state index in [4.69, 9.17) is 5.73 Å². The van der Waals surface area contributed by atoms with Gasteiger partial charge < -0.3 is 16.2 Å². The van der Waals surface area contributed by atoms with Gasteiger partial charge in [-0.3, -0.25) is 4.79 Å². The highest BCUT2D eigenvalue weighted by atomic mass is 16.3. The van der Waals surface area contributed by atoms with Gasteiger partial charge in [0.05, 0.1) is 11.4 Å². The molecule has 1 aromatic heterocycles. The smallest absolute Gasteiger partial charge is 0.169 e. The molecular formula is C19H18N4O2. The first-order valence-corrected chi connectivity index (χ1v) is 7.87. The van der Waals surface area contributed by atoms with Crippen LogP contribution < -0.4 is 11.1 Å². The number of benzene rings is 2. The SMILES string of the molecule is Nc1nnc(-c2ccccc2O)cc1NCCc1ccc(C=O)cc1. The largest absolute Gasteiger partial charge is 0.507 e. The number of phenols is 1. The van der Waals surface area contributed by atoms with Gasteiger partial charge in [-0.05, 0) is 30.2 Å². The van der Waals surface area contributed by atoms with Crippen molar-refractivity contribution in [2.75, 3.05) is 17.6 Å². The van der Waals surface area contributed by atoms with E-state index in [1.54, 1.807) is 36.4 Å². The van der Waals surface area contributed by atoms with Crippen LogP contribution in [0.5, 0.6) is 5.75 Å². The van der Waals surface area contributed by atoms with Gasteiger partial charge in [-0.1, -0.05) is 36.4 Å². The molecular weight excluding hydrogens is 316 g/mol. The lowest BCUT2D eigenvalue weighted by Crippen LogP contribution is -2.09. The van der Waals surface area contributed by atoms with E-state index >= 15 is 0 Å². The van der Waals surface area contributed by atoms with Gasteiger partial charge in [0.25, 0.3) is 0 Å². The Labute approximate surface area is 145 Å². The molecule has 0 amide bonds. The zero-order valence-electron chi connectivity index (χ0n) is 13.5. The van der Waals surface area contributed by atoms with Gasteiger partial charge in [-0.15, -0.1) is 10.2 Å². The highest BCUT2D eigenvalue weighted by Gasteiger charge is 2.09. The Morgan fingerprint density at radius 3 is 2.56 bits per heavy atom. The molecule has 0 saturated heterocycles. The summed E-state index contributed by atoms with van der Waals surface area (Å²) in [5.41, 5.74) is 9.47. The van der Waals surface area contributed by atoms with E-state index in [0.29, 0.717) is 34.9 Å². The number of aromatic hydroxyl groups is 1. The Kier molecular flexibility index (Phi) is 4.89. The fourth-order valence-electron chi connectivity index (χ4n) is 2.47. The quantitative estimate of drug-likeness (QED) is 0.599. The first-order valence-electron chi connectivity index (χ1n) is 7.87. The second-order valence-electron chi connectivity index (χ2n) is 5.58. The van der Waals surface area contributed by atoms with Gasteiger partial charge in [-0.2, -0.15) is 0 Å². The first-order chi connectivity index (χ1) is 12.2. The molecule has 1 heterocycles. The molecule has 0 bridgehead atoms. The van der Waals surface area contributed by atoms with Crippen LogP contribution in [0.4, 0.5) is 11.5 Å². The summed E-state index contributed by atoms with van der Waals surface area (Å²) < 4.78 is 0. The zero-order chi connectivity index (χ0) is 17.6. The molecule has 0 aliphatic heterocycles. The highest BCUT2D eigenvalue weighted by Crippen LogP contribution is 2.29. The van der Waals surface area contributed by atoms with Crippen molar-refractivity contribution in [1.82, 2.24) is 10.2 Å². The highest BCUT2D eigenvalue weighted by molar-refractivity contribution is 5.75. The Hall–Kier alpha value is -3.41. The molecule has 0 unspecified atom stereocenters. The summed E-state index contributed by atoms with van der Waals surface area (Å²) in [6, 6.07) is 16.1. The number of phenolic OH excluding ortho intramolecular Hbond substituents is 1. The van der Waals surface area contributed by atoms with Crippen LogP contribution in [0, 0.1) is 0 Å². The Morgan fingerprint density at radius 1 is 1.08 bits per heavy atom. The van der Waals surface area contributed by atoms with Crippen molar-refractivity contribution in [1.29, 1.82) is 0 Å². The molecule has 6 nitrogen and oxygen atoms in total. The van der Waals surface area contributed by atoms with E-state index in [1.165, 1.54) is 0 Å². The van der Waals surface area contributed by atoms with Gasteiger partial charge in [-0.25, -0.2) is 0 Å². The standard InChI is InChI=1S/C19H18N4O2/c20-19-17(21-10-9-13-5-7-14(12-24)8-6-13)11-16(22-23-19)15-3-1-2-4-18(15)25/h1-8,11-12,25H,9-10H2,(H2,20,23)(H,21,22). The summed E-state index contributed by atoms with van der Waals surface area (Å²) in [5, 5.41) is 21.2. The third-order valence-electron chi connectivity index (χ3n) is 3.85. The lowest BCUT2D eigenvalue weighted by Gasteiger charge is -2.10. The maximum absolute atomic E-state index is 10.7. The van der Waals surface area contributed by atoms with E-state index in [2.05, 4.69) is 15.5 Å². The summed E-state index contributed by atoms with van der Waals surface area (Å²) >= 11 is 0. The number of carbonyl (C=O) groups excluding carboxylic acids is 1. The third-order valence-corrected chi connectivity index (χ3v) is 3.85. The van der Waals surface area contributed by atoms with Crippen molar-refractivity contribution in [3.8, 4) is 17.0 Å². The number of nitrogens with two attached hydrogens (primary N) is 1. The number of hydrogen-bond donors (Lipinski definition) is 3. The van der Waals surface area contributed by atoms with E-state index in [1.807, 2.05) is 18.2 Å². The number of nitrogens with one attached hydrogen (secondary N) is 1. The molecule has 4 N–H and O–H groups in total. The van der Waals surface area contributed by atoms with Gasteiger partial charge in [0.1, 0.15) is 12.0 Å². The number of anilines is 2. The van der Waals surface area contributed by atoms with Crippen LogP contribution in [-0.4, -0.2) is 28.1 Å².